The molecule has 0 aliphatic carbocycles. The van der Waals surface area contributed by atoms with E-state index in [0.717, 1.165) is 24.1 Å². The molecule has 0 N–H and O–H groups in total. The van der Waals surface area contributed by atoms with Crippen molar-refractivity contribution in [1.29, 1.82) is 0 Å². The van der Waals surface area contributed by atoms with Crippen molar-refractivity contribution in [3.05, 3.63) is 90.0 Å². The van der Waals surface area contributed by atoms with Crippen LogP contribution in [0, 0.1) is 0 Å². The molecule has 0 bridgehead atoms. The minimum absolute atomic E-state index is 0.0502. The van der Waals surface area contributed by atoms with Gasteiger partial charge < -0.3 is 9.80 Å². The number of fused-ring (bicyclic) bond motifs is 2. The van der Waals surface area contributed by atoms with Crippen LogP contribution in [0.2, 0.25) is 0 Å². The summed E-state index contributed by atoms with van der Waals surface area (Å²) in [5, 5.41) is 0.316. The van der Waals surface area contributed by atoms with E-state index in [1.807, 2.05) is 59.5 Å². The summed E-state index contributed by atoms with van der Waals surface area (Å²) in [7, 11) is -3.84. The van der Waals surface area contributed by atoms with E-state index in [4.69, 9.17) is 0 Å². The number of aryl methyl sites for hydroxylation is 1. The number of benzene rings is 3. The third-order valence-corrected chi connectivity index (χ3v) is 8.17. The lowest BCUT2D eigenvalue weighted by molar-refractivity contribution is -0.116. The lowest BCUT2D eigenvalue weighted by Crippen LogP contribution is -2.38. The Hall–Kier alpha value is -3.10. The zero-order valence-corrected chi connectivity index (χ0v) is 19.6. The Labute approximate surface area is 198 Å². The molecule has 168 valence electrons. The van der Waals surface area contributed by atoms with Crippen LogP contribution in [0.5, 0.6) is 0 Å². The maximum Gasteiger partial charge on any atom is 0.286 e. The van der Waals surface area contributed by atoms with Crippen LogP contribution in [-0.4, -0.2) is 31.8 Å². The van der Waals surface area contributed by atoms with E-state index in [2.05, 4.69) is 10.5 Å². The first-order chi connectivity index (χ1) is 16.0. The molecular formula is C25H23N3O3S2. The zero-order chi connectivity index (χ0) is 22.8. The topological polar surface area (TPSA) is 70.0 Å². The summed E-state index contributed by atoms with van der Waals surface area (Å²) < 4.78 is 29.8. The van der Waals surface area contributed by atoms with Crippen molar-refractivity contribution in [1.82, 2.24) is 0 Å². The molecule has 0 saturated carbocycles. The maximum atomic E-state index is 13.2. The normalized spacial score (nSPS) is 16.5. The van der Waals surface area contributed by atoms with Crippen molar-refractivity contribution in [2.24, 2.45) is 4.40 Å². The van der Waals surface area contributed by atoms with Gasteiger partial charge in [0.1, 0.15) is 4.90 Å². The van der Waals surface area contributed by atoms with Crippen LogP contribution in [0.3, 0.4) is 0 Å². The summed E-state index contributed by atoms with van der Waals surface area (Å²) in [5.41, 5.74) is 3.71. The highest BCUT2D eigenvalue weighted by atomic mass is 32.2. The molecule has 0 saturated heterocycles. The highest BCUT2D eigenvalue weighted by molar-refractivity contribution is 8.15. The standard InChI is InChI=1S/C25H23N3O3S2/c29-24(27-16-8-12-20-11-4-5-13-21(20)27)18-32-25-26-33(30,31)23-15-7-6-14-22(23)28(25)17-19-9-2-1-3-10-19/h1-7,9-11,13-15H,8,12,16-18H2. The Kier molecular flexibility index (Phi) is 5.95. The number of para-hydroxylation sites is 2. The fourth-order valence-corrected chi connectivity index (χ4v) is 6.55. The first kappa shape index (κ1) is 21.7. The molecule has 1 amide bonds. The van der Waals surface area contributed by atoms with Crippen molar-refractivity contribution >= 4 is 44.2 Å². The minimum Gasteiger partial charge on any atom is -0.315 e. The number of sulfonamides is 1. The Bertz CT molecular complexity index is 1320. The molecule has 33 heavy (non-hydrogen) atoms. The van der Waals surface area contributed by atoms with E-state index in [0.29, 0.717) is 23.9 Å². The minimum atomic E-state index is -3.84. The van der Waals surface area contributed by atoms with Gasteiger partial charge in [-0.25, -0.2) is 0 Å². The molecule has 3 aromatic carbocycles. The molecule has 0 unspecified atom stereocenters. The van der Waals surface area contributed by atoms with Crippen LogP contribution in [0.1, 0.15) is 17.5 Å². The molecule has 3 aromatic rings. The van der Waals surface area contributed by atoms with Crippen LogP contribution in [0.25, 0.3) is 0 Å². The number of rotatable bonds is 4. The molecule has 0 spiro atoms. The lowest BCUT2D eigenvalue weighted by atomic mass is 10.0. The second kappa shape index (κ2) is 9.03. The van der Waals surface area contributed by atoms with Gasteiger partial charge in [-0.3, -0.25) is 4.79 Å². The van der Waals surface area contributed by atoms with Crippen LogP contribution in [0.4, 0.5) is 11.4 Å². The average Bonchev–Trinajstić information content (AvgIpc) is 2.85. The largest absolute Gasteiger partial charge is 0.315 e. The fraction of sp³-hybridized carbons (Fsp3) is 0.200. The summed E-state index contributed by atoms with van der Waals surface area (Å²) in [5.74, 6) is 0.0571. The van der Waals surface area contributed by atoms with Gasteiger partial charge in [-0.1, -0.05) is 72.4 Å². The molecule has 8 heteroatoms. The molecule has 0 aromatic heterocycles. The van der Waals surface area contributed by atoms with Gasteiger partial charge in [-0.2, -0.15) is 8.42 Å². The Morgan fingerprint density at radius 3 is 2.42 bits per heavy atom. The number of carbonyl (C=O) groups excluding carboxylic acids is 1. The number of amidine groups is 1. The molecule has 6 nitrogen and oxygen atoms in total. The molecule has 2 heterocycles. The summed E-state index contributed by atoms with van der Waals surface area (Å²) >= 11 is 1.17. The first-order valence-electron chi connectivity index (χ1n) is 10.8. The van der Waals surface area contributed by atoms with Crippen LogP contribution in [-0.2, 0) is 27.8 Å². The summed E-state index contributed by atoms with van der Waals surface area (Å²) in [6.45, 7) is 1.12. The number of thioether (sulfide) groups is 1. The van der Waals surface area contributed by atoms with Gasteiger partial charge in [0.15, 0.2) is 5.17 Å². The second-order valence-electron chi connectivity index (χ2n) is 7.95. The highest BCUT2D eigenvalue weighted by Gasteiger charge is 2.32. The van der Waals surface area contributed by atoms with Gasteiger partial charge in [0.05, 0.1) is 18.0 Å². The van der Waals surface area contributed by atoms with Crippen molar-refractivity contribution in [2.45, 2.75) is 24.3 Å². The quantitative estimate of drug-likeness (QED) is 0.555. The number of hydrogen-bond acceptors (Lipinski definition) is 5. The second-order valence-corrected chi connectivity index (χ2v) is 10.5. The lowest BCUT2D eigenvalue weighted by Gasteiger charge is -2.32. The van der Waals surface area contributed by atoms with Gasteiger partial charge >= 0.3 is 0 Å². The zero-order valence-electron chi connectivity index (χ0n) is 17.9. The van der Waals surface area contributed by atoms with Crippen molar-refractivity contribution in [2.75, 3.05) is 22.1 Å². The molecule has 0 atom stereocenters. The van der Waals surface area contributed by atoms with Gasteiger partial charge in [-0.15, -0.1) is 4.40 Å². The molecule has 0 radical (unpaired) electrons. The SMILES string of the molecule is O=C(CSC1=NS(=O)(=O)c2ccccc2N1Cc1ccccc1)N1CCCc2ccccc21. The van der Waals surface area contributed by atoms with E-state index in [9.17, 15) is 13.2 Å². The highest BCUT2D eigenvalue weighted by Crippen LogP contribution is 2.35. The molecule has 0 fully saturated rings. The Morgan fingerprint density at radius 2 is 1.61 bits per heavy atom. The Morgan fingerprint density at radius 1 is 0.909 bits per heavy atom. The summed E-state index contributed by atoms with van der Waals surface area (Å²) in [6, 6.07) is 24.6. The summed E-state index contributed by atoms with van der Waals surface area (Å²) in [4.78, 5) is 17.0. The maximum absolute atomic E-state index is 13.2. The summed E-state index contributed by atoms with van der Waals surface area (Å²) in [6.07, 6.45) is 1.87. The van der Waals surface area contributed by atoms with E-state index in [-0.39, 0.29) is 16.6 Å². The van der Waals surface area contributed by atoms with Gasteiger partial charge in [0.2, 0.25) is 5.91 Å². The van der Waals surface area contributed by atoms with Crippen LogP contribution in [0.15, 0.2) is 88.2 Å². The number of hydrogen-bond donors (Lipinski definition) is 0. The first-order valence-corrected chi connectivity index (χ1v) is 13.2. The van der Waals surface area contributed by atoms with E-state index >= 15 is 0 Å². The smallest absolute Gasteiger partial charge is 0.286 e. The number of amides is 1. The number of nitrogens with zero attached hydrogens (tertiary/aromatic N) is 3. The monoisotopic (exact) mass is 477 g/mol. The third-order valence-electron chi connectivity index (χ3n) is 5.78. The molecule has 2 aliphatic rings. The van der Waals surface area contributed by atoms with Crippen molar-refractivity contribution < 1.29 is 13.2 Å². The van der Waals surface area contributed by atoms with Crippen molar-refractivity contribution in [3.8, 4) is 0 Å². The van der Waals surface area contributed by atoms with Gasteiger partial charge in [0.25, 0.3) is 10.0 Å². The van der Waals surface area contributed by atoms with Gasteiger partial charge in [0, 0.05) is 12.2 Å². The Balaban J connectivity index is 1.42. The van der Waals surface area contributed by atoms with Crippen LogP contribution < -0.4 is 9.80 Å². The van der Waals surface area contributed by atoms with E-state index < -0.39 is 10.0 Å². The third kappa shape index (κ3) is 4.41. The number of carbonyl (C=O) groups is 1. The van der Waals surface area contributed by atoms with E-state index in [1.165, 1.54) is 17.3 Å². The fourth-order valence-electron chi connectivity index (χ4n) is 4.22. The molecular weight excluding hydrogens is 454 g/mol. The van der Waals surface area contributed by atoms with Crippen LogP contribution >= 0.6 is 11.8 Å². The van der Waals surface area contributed by atoms with Crippen molar-refractivity contribution in [3.63, 3.8) is 0 Å². The predicted molar refractivity (Wildman–Crippen MR) is 133 cm³/mol. The van der Waals surface area contributed by atoms with Gasteiger partial charge in [-0.05, 0) is 42.2 Å². The molecule has 5 rings (SSSR count). The van der Waals surface area contributed by atoms with E-state index in [1.54, 1.807) is 23.1 Å². The predicted octanol–water partition coefficient (Wildman–Crippen LogP) is 4.46. The number of anilines is 2. The average molecular weight is 478 g/mol. The molecule has 2 aliphatic heterocycles.